The minimum Gasteiger partial charge on any atom is -0.366 e. The van der Waals surface area contributed by atoms with Gasteiger partial charge >= 0.3 is 0 Å². The first kappa shape index (κ1) is 18.7. The van der Waals surface area contributed by atoms with Crippen molar-refractivity contribution in [3.05, 3.63) is 28.3 Å². The van der Waals surface area contributed by atoms with Crippen molar-refractivity contribution in [2.45, 2.75) is 43.9 Å². The second kappa shape index (κ2) is 7.94. The molecular weight excluding hydrogens is 330 g/mol. The first-order valence-electron chi connectivity index (χ1n) is 8.36. The predicted molar refractivity (Wildman–Crippen MR) is 93.8 cm³/mol. The largest absolute Gasteiger partial charge is 0.366 e. The molecule has 1 aliphatic rings. The van der Waals surface area contributed by atoms with Crippen LogP contribution >= 0.6 is 0 Å². The molecule has 1 aromatic rings. The van der Waals surface area contributed by atoms with Gasteiger partial charge in [0.2, 0.25) is 10.0 Å². The van der Waals surface area contributed by atoms with E-state index < -0.39 is 14.9 Å². The minimum absolute atomic E-state index is 0.0841. The van der Waals surface area contributed by atoms with Crippen molar-refractivity contribution in [3.8, 4) is 0 Å². The van der Waals surface area contributed by atoms with Gasteiger partial charge in [-0.1, -0.05) is 19.8 Å². The average molecular weight is 355 g/mol. The van der Waals surface area contributed by atoms with Crippen LogP contribution in [0.4, 0.5) is 11.4 Å². The van der Waals surface area contributed by atoms with E-state index in [1.54, 1.807) is 6.07 Å². The Bertz CT molecular complexity index is 691. The smallest absolute Gasteiger partial charge is 0.293 e. The zero-order valence-corrected chi connectivity index (χ0v) is 15.0. The molecular formula is C16H25N3O4S. The number of benzene rings is 1. The summed E-state index contributed by atoms with van der Waals surface area (Å²) in [6.45, 7) is 3.71. The maximum atomic E-state index is 11.9. The lowest BCUT2D eigenvalue weighted by Gasteiger charge is -2.23. The van der Waals surface area contributed by atoms with E-state index in [2.05, 4.69) is 11.6 Å². The van der Waals surface area contributed by atoms with Gasteiger partial charge in [-0.2, -0.15) is 0 Å². The van der Waals surface area contributed by atoms with Gasteiger partial charge in [0, 0.05) is 19.2 Å². The summed E-state index contributed by atoms with van der Waals surface area (Å²) in [5.74, 6) is 0.669. The van der Waals surface area contributed by atoms with E-state index in [1.807, 2.05) is 4.90 Å². The molecule has 0 saturated carbocycles. The molecule has 0 radical (unpaired) electrons. The SMILES string of the molecule is CCC[C@H]1CCCN(c2ccc(S(=O)(=O)NC)cc2[N+](=O)[O-])CC1. The van der Waals surface area contributed by atoms with E-state index in [0.717, 1.165) is 44.8 Å². The molecule has 0 aromatic heterocycles. The molecule has 1 N–H and O–H groups in total. The van der Waals surface area contributed by atoms with Crippen molar-refractivity contribution in [2.75, 3.05) is 25.0 Å². The molecule has 1 atom stereocenters. The van der Waals surface area contributed by atoms with Crippen molar-refractivity contribution in [1.29, 1.82) is 0 Å². The molecule has 24 heavy (non-hydrogen) atoms. The van der Waals surface area contributed by atoms with Crippen molar-refractivity contribution in [3.63, 3.8) is 0 Å². The zero-order valence-electron chi connectivity index (χ0n) is 14.2. The molecule has 0 aliphatic carbocycles. The average Bonchev–Trinajstić information content (AvgIpc) is 2.80. The van der Waals surface area contributed by atoms with E-state index in [-0.39, 0.29) is 10.6 Å². The van der Waals surface area contributed by atoms with Crippen LogP contribution < -0.4 is 9.62 Å². The third-order valence-electron chi connectivity index (χ3n) is 4.61. The first-order chi connectivity index (χ1) is 11.4. The van der Waals surface area contributed by atoms with Crippen LogP contribution in [-0.4, -0.2) is 33.5 Å². The Hall–Kier alpha value is -1.67. The van der Waals surface area contributed by atoms with Gasteiger partial charge in [0.05, 0.1) is 9.82 Å². The number of nitrogens with one attached hydrogen (secondary N) is 1. The van der Waals surface area contributed by atoms with Crippen molar-refractivity contribution in [2.24, 2.45) is 5.92 Å². The van der Waals surface area contributed by atoms with Crippen molar-refractivity contribution in [1.82, 2.24) is 4.72 Å². The minimum atomic E-state index is -3.70. The number of nitrogens with zero attached hydrogens (tertiary/aromatic N) is 2. The molecule has 134 valence electrons. The summed E-state index contributed by atoms with van der Waals surface area (Å²) in [7, 11) is -2.41. The van der Waals surface area contributed by atoms with Gasteiger partial charge in [-0.3, -0.25) is 10.1 Å². The van der Waals surface area contributed by atoms with Gasteiger partial charge in [0.15, 0.2) is 0 Å². The van der Waals surface area contributed by atoms with Gasteiger partial charge in [-0.15, -0.1) is 0 Å². The molecule has 0 bridgehead atoms. The van der Waals surface area contributed by atoms with Crippen LogP contribution in [0, 0.1) is 16.0 Å². The quantitative estimate of drug-likeness (QED) is 0.625. The number of nitro groups is 1. The summed E-state index contributed by atoms with van der Waals surface area (Å²) in [6, 6.07) is 4.14. The van der Waals surface area contributed by atoms with Crippen LogP contribution in [0.2, 0.25) is 0 Å². The first-order valence-corrected chi connectivity index (χ1v) is 9.84. The van der Waals surface area contributed by atoms with Crippen molar-refractivity contribution >= 4 is 21.4 Å². The van der Waals surface area contributed by atoms with E-state index >= 15 is 0 Å². The summed E-state index contributed by atoms with van der Waals surface area (Å²) in [5.41, 5.74) is 0.354. The van der Waals surface area contributed by atoms with E-state index in [9.17, 15) is 18.5 Å². The molecule has 0 unspecified atom stereocenters. The zero-order chi connectivity index (χ0) is 17.7. The van der Waals surface area contributed by atoms with Crippen LogP contribution in [-0.2, 0) is 10.0 Å². The Morgan fingerprint density at radius 3 is 2.71 bits per heavy atom. The number of nitro benzene ring substituents is 1. The van der Waals surface area contributed by atoms with E-state index in [1.165, 1.54) is 19.5 Å². The van der Waals surface area contributed by atoms with Crippen LogP contribution in [0.5, 0.6) is 0 Å². The molecule has 1 saturated heterocycles. The summed E-state index contributed by atoms with van der Waals surface area (Å²) < 4.78 is 26.0. The van der Waals surface area contributed by atoms with Gasteiger partial charge in [0.1, 0.15) is 5.69 Å². The highest BCUT2D eigenvalue weighted by molar-refractivity contribution is 7.89. The lowest BCUT2D eigenvalue weighted by atomic mass is 9.96. The number of rotatable bonds is 6. The van der Waals surface area contributed by atoms with E-state index in [4.69, 9.17) is 0 Å². The maximum Gasteiger partial charge on any atom is 0.293 e. The topological polar surface area (TPSA) is 92.6 Å². The Kier molecular flexibility index (Phi) is 6.17. The summed E-state index contributed by atoms with van der Waals surface area (Å²) in [6.07, 6.45) is 5.50. The molecule has 1 fully saturated rings. The second-order valence-electron chi connectivity index (χ2n) is 6.19. The number of anilines is 1. The van der Waals surface area contributed by atoms with Gasteiger partial charge in [-0.05, 0) is 44.4 Å². The van der Waals surface area contributed by atoms with Crippen LogP contribution in [0.25, 0.3) is 0 Å². The predicted octanol–water partition coefficient (Wildman–Crippen LogP) is 2.91. The highest BCUT2D eigenvalue weighted by Gasteiger charge is 2.25. The fourth-order valence-electron chi connectivity index (χ4n) is 3.31. The van der Waals surface area contributed by atoms with Crippen LogP contribution in [0.3, 0.4) is 0 Å². The molecule has 0 amide bonds. The van der Waals surface area contributed by atoms with Crippen LogP contribution in [0.15, 0.2) is 23.1 Å². The second-order valence-corrected chi connectivity index (χ2v) is 8.07. The lowest BCUT2D eigenvalue weighted by molar-refractivity contribution is -0.384. The lowest BCUT2D eigenvalue weighted by Crippen LogP contribution is -2.25. The Morgan fingerprint density at radius 1 is 1.33 bits per heavy atom. The number of sulfonamides is 1. The normalized spacial score (nSPS) is 19.1. The highest BCUT2D eigenvalue weighted by atomic mass is 32.2. The standard InChI is InChI=1S/C16H25N3O4S/c1-3-5-13-6-4-10-18(11-9-13)15-8-7-14(24(22,23)17-2)12-16(15)19(20)21/h7-8,12-13,17H,3-6,9-11H2,1-2H3/t13-/m0/s1. The molecule has 2 rings (SSSR count). The molecule has 7 nitrogen and oxygen atoms in total. The van der Waals surface area contributed by atoms with Gasteiger partial charge in [0.25, 0.3) is 5.69 Å². The van der Waals surface area contributed by atoms with Crippen molar-refractivity contribution < 1.29 is 13.3 Å². The number of hydrogen-bond donors (Lipinski definition) is 1. The highest BCUT2D eigenvalue weighted by Crippen LogP contribution is 2.33. The molecule has 1 heterocycles. The Labute approximate surface area is 143 Å². The Morgan fingerprint density at radius 2 is 2.08 bits per heavy atom. The molecule has 1 aromatic carbocycles. The maximum absolute atomic E-state index is 11.9. The number of hydrogen-bond acceptors (Lipinski definition) is 5. The van der Waals surface area contributed by atoms with Crippen LogP contribution in [0.1, 0.15) is 39.0 Å². The van der Waals surface area contributed by atoms with Gasteiger partial charge in [-0.25, -0.2) is 13.1 Å². The summed E-state index contributed by atoms with van der Waals surface area (Å²) >= 11 is 0. The fourth-order valence-corrected chi connectivity index (χ4v) is 4.05. The molecule has 1 aliphatic heterocycles. The summed E-state index contributed by atoms with van der Waals surface area (Å²) in [4.78, 5) is 12.9. The van der Waals surface area contributed by atoms with Gasteiger partial charge < -0.3 is 4.90 Å². The third kappa shape index (κ3) is 4.24. The Balaban J connectivity index is 2.31. The van der Waals surface area contributed by atoms with E-state index in [0.29, 0.717) is 11.6 Å². The molecule has 8 heteroatoms. The monoisotopic (exact) mass is 355 g/mol. The third-order valence-corrected chi connectivity index (χ3v) is 6.02. The molecule has 0 spiro atoms. The fraction of sp³-hybridized carbons (Fsp3) is 0.625. The summed E-state index contributed by atoms with van der Waals surface area (Å²) in [5, 5.41) is 11.4.